The molecule has 0 aliphatic heterocycles. The second-order valence-corrected chi connectivity index (χ2v) is 7.38. The van der Waals surface area contributed by atoms with Crippen molar-refractivity contribution < 1.29 is 0 Å². The molecule has 1 aliphatic carbocycles. The van der Waals surface area contributed by atoms with Crippen LogP contribution in [0.3, 0.4) is 0 Å². The summed E-state index contributed by atoms with van der Waals surface area (Å²) < 4.78 is 1.86. The highest BCUT2D eigenvalue weighted by Gasteiger charge is 2.14. The second-order valence-electron chi connectivity index (χ2n) is 6.57. The van der Waals surface area contributed by atoms with Gasteiger partial charge in [-0.05, 0) is 48.4 Å². The summed E-state index contributed by atoms with van der Waals surface area (Å²) in [5.74, 6) is 0.868. The van der Waals surface area contributed by atoms with Crippen LogP contribution in [0.25, 0.3) is 11.2 Å². The van der Waals surface area contributed by atoms with Crippen molar-refractivity contribution in [3.05, 3.63) is 82.4 Å². The molecule has 3 heterocycles. The van der Waals surface area contributed by atoms with Gasteiger partial charge in [-0.1, -0.05) is 35.3 Å². The summed E-state index contributed by atoms with van der Waals surface area (Å²) in [6.45, 7) is 0.815. The van der Waals surface area contributed by atoms with Gasteiger partial charge in [-0.15, -0.1) is 5.10 Å². The van der Waals surface area contributed by atoms with Gasteiger partial charge in [0.2, 0.25) is 0 Å². The largest absolute Gasteiger partial charge is 0.358 e. The van der Waals surface area contributed by atoms with Crippen molar-refractivity contribution in [3.8, 4) is 0 Å². The van der Waals surface area contributed by atoms with Gasteiger partial charge in [-0.2, -0.15) is 0 Å². The first-order valence-corrected chi connectivity index (χ1v) is 9.76. The highest BCUT2D eigenvalue weighted by molar-refractivity contribution is 6.41. The molecule has 4 rings (SSSR count). The summed E-state index contributed by atoms with van der Waals surface area (Å²) in [5, 5.41) is 5.85. The first kappa shape index (κ1) is 18.7. The van der Waals surface area contributed by atoms with E-state index in [2.05, 4.69) is 14.9 Å². The Kier molecular flexibility index (Phi) is 5.46. The smallest absolute Gasteiger partial charge is 0.154 e. The number of hydrogen-bond acceptors (Lipinski definition) is 4. The van der Waals surface area contributed by atoms with Gasteiger partial charge in [-0.3, -0.25) is 4.98 Å². The lowest BCUT2D eigenvalue weighted by Gasteiger charge is -2.18. The van der Waals surface area contributed by atoms with E-state index in [0.29, 0.717) is 16.5 Å². The zero-order chi connectivity index (χ0) is 19.5. The van der Waals surface area contributed by atoms with Crippen molar-refractivity contribution in [2.75, 3.05) is 18.5 Å². The molecule has 3 aromatic rings. The lowest BCUT2D eigenvalue weighted by atomic mass is 10.1. The zero-order valence-electron chi connectivity index (χ0n) is 15.4. The molecule has 0 fully saturated rings. The highest BCUT2D eigenvalue weighted by atomic mass is 35.5. The number of hydrogen-bond donors (Lipinski definition) is 0. The molecule has 0 saturated heterocycles. The zero-order valence-corrected chi connectivity index (χ0v) is 16.9. The topological polar surface area (TPSA) is 46.3 Å². The van der Waals surface area contributed by atoms with E-state index in [1.165, 1.54) is 0 Å². The van der Waals surface area contributed by atoms with Gasteiger partial charge >= 0.3 is 0 Å². The predicted molar refractivity (Wildman–Crippen MR) is 115 cm³/mol. The predicted octanol–water partition coefficient (Wildman–Crippen LogP) is 4.84. The number of anilines is 1. The number of pyridine rings is 1. The summed E-state index contributed by atoms with van der Waals surface area (Å²) >= 11 is 12.4. The van der Waals surface area contributed by atoms with E-state index in [1.807, 2.05) is 72.5 Å². The minimum atomic E-state index is 0.518. The third-order valence-electron chi connectivity index (χ3n) is 4.63. The Labute approximate surface area is 173 Å². The van der Waals surface area contributed by atoms with Crippen molar-refractivity contribution in [1.82, 2.24) is 19.6 Å². The van der Waals surface area contributed by atoms with Crippen molar-refractivity contribution in [2.45, 2.75) is 12.8 Å². The normalized spacial score (nSPS) is 14.3. The molecule has 0 saturated carbocycles. The third kappa shape index (κ3) is 3.96. The van der Waals surface area contributed by atoms with E-state index in [-0.39, 0.29) is 0 Å². The Hall–Kier alpha value is -2.63. The van der Waals surface area contributed by atoms with Crippen LogP contribution < -0.4 is 4.90 Å². The fourth-order valence-corrected chi connectivity index (χ4v) is 3.40. The van der Waals surface area contributed by atoms with E-state index in [4.69, 9.17) is 28.3 Å². The minimum Gasteiger partial charge on any atom is -0.358 e. The molecule has 7 heteroatoms. The van der Waals surface area contributed by atoms with E-state index in [9.17, 15) is 0 Å². The van der Waals surface area contributed by atoms with Crippen LogP contribution in [0.1, 0.15) is 17.8 Å². The fourth-order valence-electron chi connectivity index (χ4n) is 3.06. The monoisotopic (exact) mass is 411 g/mol. The molecule has 0 bridgehead atoms. The number of allylic oxidation sites excluding steroid dienone is 6. The Morgan fingerprint density at radius 2 is 2.00 bits per heavy atom. The van der Waals surface area contributed by atoms with Crippen LogP contribution in [0.2, 0.25) is 0 Å². The van der Waals surface area contributed by atoms with Gasteiger partial charge < -0.3 is 4.90 Å². The van der Waals surface area contributed by atoms with Crippen molar-refractivity contribution in [3.63, 3.8) is 0 Å². The Morgan fingerprint density at radius 3 is 2.82 bits per heavy atom. The first-order chi connectivity index (χ1) is 13.6. The molecule has 0 atom stereocenters. The number of likely N-dealkylation sites (N-methyl/N-ethyl adjacent to an activating group) is 1. The number of halogens is 2. The standard InChI is InChI=1S/C21H19Cl2N5/c1-27(12-10-16-6-2-3-11-24-16)21-9-8-20-25-14-19(28(20)26-21)15-5-4-7-17(22)18(23)13-15/h2-4,6-9,11,13-14H,5,10,12H2,1H3. The molecule has 0 aromatic carbocycles. The van der Waals surface area contributed by atoms with Crippen LogP contribution in [0, 0.1) is 0 Å². The Bertz CT molecular complexity index is 1080. The molecular formula is C21H19Cl2N5. The number of imidazole rings is 1. The lowest BCUT2D eigenvalue weighted by Crippen LogP contribution is -2.22. The Morgan fingerprint density at radius 1 is 1.11 bits per heavy atom. The van der Waals surface area contributed by atoms with E-state index in [0.717, 1.165) is 41.4 Å². The maximum Gasteiger partial charge on any atom is 0.154 e. The molecule has 5 nitrogen and oxygen atoms in total. The van der Waals surface area contributed by atoms with Crippen molar-refractivity contribution >= 4 is 40.2 Å². The van der Waals surface area contributed by atoms with Crippen LogP contribution in [-0.4, -0.2) is 33.2 Å². The van der Waals surface area contributed by atoms with Crippen LogP contribution in [0.4, 0.5) is 5.82 Å². The summed E-state index contributed by atoms with van der Waals surface area (Å²) in [6, 6.07) is 9.92. The molecule has 0 radical (unpaired) electrons. The molecule has 142 valence electrons. The third-order valence-corrected chi connectivity index (χ3v) is 5.37. The molecule has 0 spiro atoms. The summed E-state index contributed by atoms with van der Waals surface area (Å²) in [4.78, 5) is 11.0. The van der Waals surface area contributed by atoms with E-state index >= 15 is 0 Å². The lowest BCUT2D eigenvalue weighted by molar-refractivity contribution is 0.807. The van der Waals surface area contributed by atoms with Crippen molar-refractivity contribution in [1.29, 1.82) is 0 Å². The van der Waals surface area contributed by atoms with Gasteiger partial charge in [-0.25, -0.2) is 9.50 Å². The summed E-state index contributed by atoms with van der Waals surface area (Å²) in [6.07, 6.45) is 10.9. The SMILES string of the molecule is CN(CCc1ccccn1)c1ccc2ncc(C3=CC(Cl)=C(Cl)C=CC3)n2n1. The maximum atomic E-state index is 6.27. The molecule has 0 unspecified atom stereocenters. The first-order valence-electron chi connectivity index (χ1n) is 9.00. The van der Waals surface area contributed by atoms with Crippen LogP contribution in [0.15, 0.2) is 71.0 Å². The molecule has 28 heavy (non-hydrogen) atoms. The quantitative estimate of drug-likeness (QED) is 0.602. The Balaban J connectivity index is 1.61. The fraction of sp³-hybridized carbons (Fsp3) is 0.190. The van der Waals surface area contributed by atoms with E-state index < -0.39 is 0 Å². The van der Waals surface area contributed by atoms with E-state index in [1.54, 1.807) is 0 Å². The highest BCUT2D eigenvalue weighted by Crippen LogP contribution is 2.29. The van der Waals surface area contributed by atoms with Gasteiger partial charge in [0.25, 0.3) is 0 Å². The number of rotatable bonds is 5. The van der Waals surface area contributed by atoms with Crippen molar-refractivity contribution in [2.24, 2.45) is 0 Å². The van der Waals surface area contributed by atoms with Gasteiger partial charge in [0.15, 0.2) is 5.65 Å². The number of fused-ring (bicyclic) bond motifs is 1. The molecule has 1 aliphatic rings. The van der Waals surface area contributed by atoms with Crippen LogP contribution in [-0.2, 0) is 6.42 Å². The molecule has 3 aromatic heterocycles. The second kappa shape index (κ2) is 8.17. The molecule has 0 amide bonds. The maximum absolute atomic E-state index is 6.27. The van der Waals surface area contributed by atoms with Gasteiger partial charge in [0.1, 0.15) is 5.82 Å². The average molecular weight is 412 g/mol. The van der Waals surface area contributed by atoms with Crippen LogP contribution in [0.5, 0.6) is 0 Å². The van der Waals surface area contributed by atoms with Crippen LogP contribution >= 0.6 is 23.2 Å². The number of nitrogens with zero attached hydrogens (tertiary/aromatic N) is 5. The average Bonchev–Trinajstić information content (AvgIpc) is 3.07. The molecular weight excluding hydrogens is 393 g/mol. The summed E-state index contributed by atoms with van der Waals surface area (Å²) in [7, 11) is 2.03. The molecule has 0 N–H and O–H groups in total. The van der Waals surface area contributed by atoms with Gasteiger partial charge in [0.05, 0.1) is 22.0 Å². The number of aromatic nitrogens is 4. The van der Waals surface area contributed by atoms with Gasteiger partial charge in [0, 0.05) is 31.9 Å². The minimum absolute atomic E-state index is 0.518. The summed E-state index contributed by atoms with van der Waals surface area (Å²) in [5.41, 5.74) is 3.78.